The molecule has 0 radical (unpaired) electrons. The number of hydrogen-bond donors (Lipinski definition) is 3. The van der Waals surface area contributed by atoms with Crippen LogP contribution in [0.1, 0.15) is 24.2 Å². The van der Waals surface area contributed by atoms with Crippen LogP contribution in [-0.4, -0.2) is 34.1 Å². The van der Waals surface area contributed by atoms with Crippen molar-refractivity contribution in [3.8, 4) is 50.5 Å². The molecule has 4 aromatic heterocycles. The van der Waals surface area contributed by atoms with Crippen molar-refractivity contribution in [2.24, 2.45) is 0 Å². The number of aromatic hydroxyl groups is 1. The smallest absolute Gasteiger partial charge is 0.137 e. The summed E-state index contributed by atoms with van der Waals surface area (Å²) in [5.41, 5.74) is 11.5. The van der Waals surface area contributed by atoms with Crippen LogP contribution in [0.2, 0.25) is 5.02 Å². The number of aromatic nitrogens is 4. The molecule has 4 heterocycles. The van der Waals surface area contributed by atoms with Gasteiger partial charge in [0, 0.05) is 40.9 Å². The molecule has 0 saturated heterocycles. The fraction of sp³-hybridized carbons (Fsp3) is 0.0732. The molecule has 242 valence electrons. The van der Waals surface area contributed by atoms with Crippen molar-refractivity contribution in [3.05, 3.63) is 162 Å². The Labute approximate surface area is 288 Å². The highest BCUT2D eigenvalue weighted by atomic mass is 35.5. The summed E-state index contributed by atoms with van der Waals surface area (Å²) in [7, 11) is 0. The highest BCUT2D eigenvalue weighted by Gasteiger charge is 2.09. The fourth-order valence-electron chi connectivity index (χ4n) is 5.71. The topological polar surface area (TPSA) is 95.3 Å². The van der Waals surface area contributed by atoms with Gasteiger partial charge in [0.1, 0.15) is 17.0 Å². The third-order valence-electron chi connectivity index (χ3n) is 8.33. The molecule has 0 aliphatic rings. The number of hydrogen-bond acceptors (Lipinski definition) is 5. The van der Waals surface area contributed by atoms with Gasteiger partial charge in [-0.1, -0.05) is 60.1 Å². The second-order valence-electron chi connectivity index (χ2n) is 11.8. The van der Waals surface area contributed by atoms with E-state index in [-0.39, 0.29) is 12.4 Å². The number of aliphatic hydroxyl groups excluding tert-OH is 2. The van der Waals surface area contributed by atoms with Crippen LogP contribution >= 0.6 is 11.6 Å². The van der Waals surface area contributed by atoms with Crippen molar-refractivity contribution in [1.82, 2.24) is 18.8 Å². The first kappa shape index (κ1) is 31.8. The number of nitrogens with zero attached hydrogens (tertiary/aromatic N) is 4. The molecule has 0 saturated carbocycles. The summed E-state index contributed by atoms with van der Waals surface area (Å²) in [5, 5.41) is 29.2. The average Bonchev–Trinajstić information content (AvgIpc) is 3.76. The fourth-order valence-corrected chi connectivity index (χ4v) is 5.90. The summed E-state index contributed by atoms with van der Waals surface area (Å²) >= 11 is 6.08. The molecule has 0 aliphatic carbocycles. The number of pyridine rings is 2. The summed E-state index contributed by atoms with van der Waals surface area (Å²) < 4.78 is 4.00. The number of imidazole rings is 2. The van der Waals surface area contributed by atoms with Crippen molar-refractivity contribution in [2.45, 2.75) is 19.6 Å². The van der Waals surface area contributed by atoms with Crippen LogP contribution in [0.25, 0.3) is 56.1 Å². The van der Waals surface area contributed by atoms with E-state index in [1.54, 1.807) is 19.1 Å². The molecule has 3 N–H and O–H groups in total. The first-order valence-corrected chi connectivity index (χ1v) is 16.2. The van der Waals surface area contributed by atoms with Gasteiger partial charge in [-0.3, -0.25) is 0 Å². The normalized spacial score (nSPS) is 11.8. The van der Waals surface area contributed by atoms with E-state index in [9.17, 15) is 15.3 Å². The lowest BCUT2D eigenvalue weighted by atomic mass is 10.0. The van der Waals surface area contributed by atoms with Gasteiger partial charge >= 0.3 is 0 Å². The van der Waals surface area contributed by atoms with E-state index in [0.29, 0.717) is 5.02 Å². The molecule has 1 unspecified atom stereocenters. The van der Waals surface area contributed by atoms with E-state index in [1.807, 2.05) is 137 Å². The van der Waals surface area contributed by atoms with E-state index < -0.39 is 6.10 Å². The van der Waals surface area contributed by atoms with Gasteiger partial charge in [0.2, 0.25) is 0 Å². The quantitative estimate of drug-likeness (QED) is 0.165. The summed E-state index contributed by atoms with van der Waals surface area (Å²) in [6.45, 7) is 1.81. The predicted molar refractivity (Wildman–Crippen MR) is 195 cm³/mol. The maximum absolute atomic E-state index is 9.79. The standard InChI is InChI=1S/C21H17ClN2O.C20H16N2O2/c1-14(25)15-4-2-5-16(10-15)18-8-9-21-23-20(13-24(21)12-18)17-6-3-7-19(22)11-17;23-13-14-2-1-3-16(10-14)17-6-9-20-21-19(12-22(20)11-17)15-4-7-18(24)8-5-15/h2-14,25H,1H3;1-12,23-24H,13H2. The van der Waals surface area contributed by atoms with Crippen molar-refractivity contribution >= 4 is 22.9 Å². The highest BCUT2D eigenvalue weighted by Crippen LogP contribution is 2.28. The predicted octanol–water partition coefficient (Wildman–Crippen LogP) is 9.24. The number of fused-ring (bicyclic) bond motifs is 2. The van der Waals surface area contributed by atoms with E-state index in [0.717, 1.165) is 67.2 Å². The van der Waals surface area contributed by atoms with Crippen LogP contribution in [0.3, 0.4) is 0 Å². The number of rotatable bonds is 6. The minimum atomic E-state index is -0.480. The first-order valence-electron chi connectivity index (χ1n) is 15.8. The van der Waals surface area contributed by atoms with Crippen LogP contribution in [0.5, 0.6) is 5.75 Å². The molecule has 8 aromatic rings. The Kier molecular flexibility index (Phi) is 8.96. The summed E-state index contributed by atoms with van der Waals surface area (Å²) in [5.74, 6) is 0.244. The molecule has 0 amide bonds. The molecule has 1 atom stereocenters. The Bertz CT molecular complexity index is 2400. The third kappa shape index (κ3) is 7.10. The monoisotopic (exact) mass is 664 g/mol. The van der Waals surface area contributed by atoms with E-state index >= 15 is 0 Å². The molecular formula is C41H33ClN4O3. The molecule has 8 rings (SSSR count). The molecule has 7 nitrogen and oxygen atoms in total. The minimum Gasteiger partial charge on any atom is -0.508 e. The van der Waals surface area contributed by atoms with Gasteiger partial charge in [-0.15, -0.1) is 0 Å². The molecule has 49 heavy (non-hydrogen) atoms. The van der Waals surface area contributed by atoms with Gasteiger partial charge in [0.25, 0.3) is 0 Å². The Morgan fingerprint density at radius 3 is 1.76 bits per heavy atom. The molecule has 8 heteroatoms. The molecule has 0 bridgehead atoms. The van der Waals surface area contributed by atoms with Crippen LogP contribution in [-0.2, 0) is 6.61 Å². The molecule has 0 spiro atoms. The van der Waals surface area contributed by atoms with Crippen molar-refractivity contribution in [1.29, 1.82) is 0 Å². The number of phenolic OH excluding ortho intramolecular Hbond substituents is 1. The van der Waals surface area contributed by atoms with Crippen LogP contribution < -0.4 is 0 Å². The number of aliphatic hydroxyl groups is 2. The SMILES string of the molecule is CC(O)c1cccc(-c2ccc3nc(-c4cccc(Cl)c4)cn3c2)c1.OCc1cccc(-c2ccc3nc(-c4ccc(O)cc4)cn3c2)c1. The Morgan fingerprint density at radius 1 is 0.592 bits per heavy atom. The van der Waals surface area contributed by atoms with Gasteiger partial charge in [0.05, 0.1) is 24.1 Å². The Hall–Kier alpha value is -5.73. The molecule has 0 aliphatic heterocycles. The second-order valence-corrected chi connectivity index (χ2v) is 12.3. The maximum Gasteiger partial charge on any atom is 0.137 e. The van der Waals surface area contributed by atoms with Crippen LogP contribution in [0.15, 0.2) is 146 Å². The minimum absolute atomic E-state index is 0.0339. The largest absolute Gasteiger partial charge is 0.508 e. The summed E-state index contributed by atoms with van der Waals surface area (Å²) in [4.78, 5) is 9.29. The Morgan fingerprint density at radius 2 is 1.14 bits per heavy atom. The lowest BCUT2D eigenvalue weighted by Crippen LogP contribution is -1.91. The molecule has 0 fully saturated rings. The third-order valence-corrected chi connectivity index (χ3v) is 8.57. The average molecular weight is 665 g/mol. The van der Waals surface area contributed by atoms with E-state index in [2.05, 4.69) is 16.2 Å². The lowest BCUT2D eigenvalue weighted by molar-refractivity contribution is 0.199. The number of benzene rings is 4. The summed E-state index contributed by atoms with van der Waals surface area (Å²) in [6, 6.07) is 38.6. The maximum atomic E-state index is 9.79. The lowest BCUT2D eigenvalue weighted by Gasteiger charge is -2.08. The second kappa shape index (κ2) is 13.8. The number of phenols is 1. The van der Waals surface area contributed by atoms with Gasteiger partial charge in [-0.2, -0.15) is 0 Å². The zero-order valence-corrected chi connectivity index (χ0v) is 27.4. The van der Waals surface area contributed by atoms with Gasteiger partial charge in [-0.25, -0.2) is 9.97 Å². The Balaban J connectivity index is 0.000000154. The first-order chi connectivity index (χ1) is 23.8. The van der Waals surface area contributed by atoms with Crippen molar-refractivity contribution in [3.63, 3.8) is 0 Å². The number of halogens is 1. The van der Waals surface area contributed by atoms with E-state index in [1.165, 1.54) is 0 Å². The van der Waals surface area contributed by atoms with Crippen LogP contribution in [0, 0.1) is 0 Å². The zero-order chi connectivity index (χ0) is 33.9. The highest BCUT2D eigenvalue weighted by molar-refractivity contribution is 6.30. The van der Waals surface area contributed by atoms with Gasteiger partial charge < -0.3 is 24.1 Å². The van der Waals surface area contributed by atoms with Gasteiger partial charge in [-0.05, 0) is 113 Å². The van der Waals surface area contributed by atoms with Crippen molar-refractivity contribution in [2.75, 3.05) is 0 Å². The van der Waals surface area contributed by atoms with Gasteiger partial charge in [0.15, 0.2) is 0 Å². The summed E-state index contributed by atoms with van der Waals surface area (Å²) in [6.07, 6.45) is 7.58. The van der Waals surface area contributed by atoms with Crippen molar-refractivity contribution < 1.29 is 15.3 Å². The molecule has 4 aromatic carbocycles. The molecular weight excluding hydrogens is 632 g/mol. The van der Waals surface area contributed by atoms with E-state index in [4.69, 9.17) is 11.6 Å². The van der Waals surface area contributed by atoms with Crippen LogP contribution in [0.4, 0.5) is 0 Å². The zero-order valence-electron chi connectivity index (χ0n) is 26.6.